The van der Waals surface area contributed by atoms with Crippen molar-refractivity contribution in [3.8, 4) is 0 Å². The first-order chi connectivity index (χ1) is 9.15. The molecule has 1 aromatic heterocycles. The molecule has 0 aliphatic carbocycles. The summed E-state index contributed by atoms with van der Waals surface area (Å²) >= 11 is 0. The van der Waals surface area contributed by atoms with E-state index in [9.17, 15) is 9.18 Å². The number of nitrogens with one attached hydrogen (secondary N) is 2. The maximum Gasteiger partial charge on any atom is 0.239 e. The number of aryl methyl sites for hydroxylation is 1. The van der Waals surface area contributed by atoms with E-state index in [1.165, 1.54) is 12.1 Å². The lowest BCUT2D eigenvalue weighted by Crippen LogP contribution is -2.29. The van der Waals surface area contributed by atoms with E-state index in [0.717, 1.165) is 5.56 Å². The lowest BCUT2D eigenvalue weighted by molar-refractivity contribution is -0.119. The second-order valence-corrected chi connectivity index (χ2v) is 4.17. The predicted octanol–water partition coefficient (Wildman–Crippen LogP) is 2.46. The van der Waals surface area contributed by atoms with Crippen LogP contribution in [0.3, 0.4) is 0 Å². The monoisotopic (exact) mass is 262 g/mol. The third kappa shape index (κ3) is 3.84. The number of furan rings is 1. The molecule has 1 heterocycles. The van der Waals surface area contributed by atoms with Gasteiger partial charge in [0.1, 0.15) is 11.6 Å². The van der Waals surface area contributed by atoms with E-state index in [2.05, 4.69) is 10.6 Å². The van der Waals surface area contributed by atoms with E-state index >= 15 is 0 Å². The van der Waals surface area contributed by atoms with E-state index in [1.807, 2.05) is 6.92 Å². The average molecular weight is 262 g/mol. The number of carbonyl (C=O) groups is 1. The number of carbonyl (C=O) groups excluding carboxylic acids is 1. The zero-order chi connectivity index (χ0) is 13.7. The molecule has 2 aromatic rings. The predicted molar refractivity (Wildman–Crippen MR) is 70.2 cm³/mol. The van der Waals surface area contributed by atoms with Crippen molar-refractivity contribution in [3.63, 3.8) is 0 Å². The highest BCUT2D eigenvalue weighted by atomic mass is 19.1. The van der Waals surface area contributed by atoms with Crippen LogP contribution in [0.25, 0.3) is 0 Å². The Morgan fingerprint density at radius 3 is 2.95 bits per heavy atom. The summed E-state index contributed by atoms with van der Waals surface area (Å²) in [5.74, 6) is 0.180. The van der Waals surface area contributed by atoms with Crippen molar-refractivity contribution in [1.82, 2.24) is 5.32 Å². The van der Waals surface area contributed by atoms with E-state index in [0.29, 0.717) is 18.0 Å². The highest BCUT2D eigenvalue weighted by molar-refractivity contribution is 5.80. The van der Waals surface area contributed by atoms with Crippen LogP contribution in [0.1, 0.15) is 11.3 Å². The lowest BCUT2D eigenvalue weighted by atomic mass is 10.2. The Kier molecular flexibility index (Phi) is 4.18. The van der Waals surface area contributed by atoms with Crippen LogP contribution in [0.2, 0.25) is 0 Å². The van der Waals surface area contributed by atoms with Crippen LogP contribution in [0.15, 0.2) is 41.0 Å². The summed E-state index contributed by atoms with van der Waals surface area (Å²) in [7, 11) is 0. The van der Waals surface area contributed by atoms with Gasteiger partial charge in [0, 0.05) is 5.69 Å². The molecule has 100 valence electrons. The van der Waals surface area contributed by atoms with Crippen LogP contribution in [0.5, 0.6) is 0 Å². The van der Waals surface area contributed by atoms with E-state index in [1.54, 1.807) is 24.5 Å². The number of hydrogen-bond acceptors (Lipinski definition) is 3. The first-order valence-electron chi connectivity index (χ1n) is 5.94. The summed E-state index contributed by atoms with van der Waals surface area (Å²) < 4.78 is 18.1. The summed E-state index contributed by atoms with van der Waals surface area (Å²) in [6, 6.07) is 7.96. The molecule has 0 saturated carbocycles. The quantitative estimate of drug-likeness (QED) is 0.870. The van der Waals surface area contributed by atoms with Gasteiger partial charge in [-0.15, -0.1) is 0 Å². The normalized spacial score (nSPS) is 10.2. The van der Waals surface area contributed by atoms with Gasteiger partial charge in [-0.1, -0.05) is 6.07 Å². The highest BCUT2D eigenvalue weighted by Crippen LogP contribution is 2.15. The fourth-order valence-electron chi connectivity index (χ4n) is 1.62. The number of amides is 1. The van der Waals surface area contributed by atoms with Gasteiger partial charge in [0.15, 0.2) is 0 Å². The Morgan fingerprint density at radius 2 is 2.21 bits per heavy atom. The van der Waals surface area contributed by atoms with Crippen LogP contribution >= 0.6 is 0 Å². The molecule has 2 N–H and O–H groups in total. The molecule has 0 radical (unpaired) electrons. The van der Waals surface area contributed by atoms with Gasteiger partial charge >= 0.3 is 0 Å². The fraction of sp³-hybridized carbons (Fsp3) is 0.214. The van der Waals surface area contributed by atoms with Crippen LogP contribution in [-0.2, 0) is 11.3 Å². The molecule has 4 nitrogen and oxygen atoms in total. The molecule has 19 heavy (non-hydrogen) atoms. The number of benzene rings is 1. The molecule has 5 heteroatoms. The zero-order valence-electron chi connectivity index (χ0n) is 10.6. The first kappa shape index (κ1) is 13.1. The molecule has 0 fully saturated rings. The summed E-state index contributed by atoms with van der Waals surface area (Å²) in [6.07, 6.45) is 1.55. The minimum absolute atomic E-state index is 0.0883. The summed E-state index contributed by atoms with van der Waals surface area (Å²) in [4.78, 5) is 11.6. The van der Waals surface area contributed by atoms with Crippen molar-refractivity contribution >= 4 is 11.6 Å². The summed E-state index contributed by atoms with van der Waals surface area (Å²) in [5.41, 5.74) is 1.51. The minimum atomic E-state index is -0.330. The molecule has 2 rings (SSSR count). The van der Waals surface area contributed by atoms with Crippen molar-refractivity contribution < 1.29 is 13.6 Å². The molecule has 0 aliphatic rings. The van der Waals surface area contributed by atoms with Gasteiger partial charge in [0.25, 0.3) is 0 Å². The van der Waals surface area contributed by atoms with Crippen molar-refractivity contribution in [1.29, 1.82) is 0 Å². The smallest absolute Gasteiger partial charge is 0.239 e. The van der Waals surface area contributed by atoms with Crippen LogP contribution in [0, 0.1) is 12.7 Å². The molecule has 1 aromatic carbocycles. The SMILES string of the molecule is Cc1ccc(F)cc1NCC(=O)NCc1ccco1. The molecule has 0 aliphatic heterocycles. The first-order valence-corrected chi connectivity index (χ1v) is 5.94. The zero-order valence-corrected chi connectivity index (χ0v) is 10.6. The van der Waals surface area contributed by atoms with Gasteiger partial charge in [-0.25, -0.2) is 4.39 Å². The minimum Gasteiger partial charge on any atom is -0.467 e. The van der Waals surface area contributed by atoms with E-state index in [-0.39, 0.29) is 18.3 Å². The molecule has 0 spiro atoms. The van der Waals surface area contributed by atoms with Crippen molar-refractivity contribution in [2.24, 2.45) is 0 Å². The summed E-state index contributed by atoms with van der Waals surface area (Å²) in [6.45, 7) is 2.28. The summed E-state index contributed by atoms with van der Waals surface area (Å²) in [5, 5.41) is 5.60. The standard InChI is InChI=1S/C14H15FN2O2/c1-10-4-5-11(15)7-13(10)16-9-14(18)17-8-12-3-2-6-19-12/h2-7,16H,8-9H2,1H3,(H,17,18). The molecule has 0 atom stereocenters. The molecule has 0 saturated heterocycles. The molecular formula is C14H15FN2O2. The van der Waals surface area contributed by atoms with Gasteiger partial charge < -0.3 is 15.1 Å². The van der Waals surface area contributed by atoms with Crippen LogP contribution in [0.4, 0.5) is 10.1 Å². The van der Waals surface area contributed by atoms with Gasteiger partial charge in [-0.3, -0.25) is 4.79 Å². The van der Waals surface area contributed by atoms with Crippen molar-refractivity contribution in [3.05, 3.63) is 53.7 Å². The Labute approximate surface area is 110 Å². The van der Waals surface area contributed by atoms with Crippen LogP contribution < -0.4 is 10.6 Å². The molecule has 0 bridgehead atoms. The van der Waals surface area contributed by atoms with Crippen LogP contribution in [-0.4, -0.2) is 12.5 Å². The third-order valence-electron chi connectivity index (χ3n) is 2.68. The second kappa shape index (κ2) is 6.04. The number of halogens is 1. The Balaban J connectivity index is 1.81. The van der Waals surface area contributed by atoms with E-state index in [4.69, 9.17) is 4.42 Å². The maximum atomic E-state index is 13.1. The Morgan fingerprint density at radius 1 is 1.37 bits per heavy atom. The molecular weight excluding hydrogens is 247 g/mol. The number of hydrogen-bond donors (Lipinski definition) is 2. The second-order valence-electron chi connectivity index (χ2n) is 4.17. The average Bonchev–Trinajstić information content (AvgIpc) is 2.90. The topological polar surface area (TPSA) is 54.3 Å². The largest absolute Gasteiger partial charge is 0.467 e. The van der Waals surface area contributed by atoms with Gasteiger partial charge in [-0.2, -0.15) is 0 Å². The Bertz CT molecular complexity index is 553. The highest BCUT2D eigenvalue weighted by Gasteiger charge is 2.04. The van der Waals surface area contributed by atoms with E-state index < -0.39 is 0 Å². The lowest BCUT2D eigenvalue weighted by Gasteiger charge is -2.09. The number of rotatable bonds is 5. The molecule has 1 amide bonds. The maximum absolute atomic E-state index is 13.1. The van der Waals surface area contributed by atoms with Gasteiger partial charge in [0.05, 0.1) is 19.4 Å². The van der Waals surface area contributed by atoms with Crippen molar-refractivity contribution in [2.75, 3.05) is 11.9 Å². The van der Waals surface area contributed by atoms with Gasteiger partial charge in [-0.05, 0) is 36.8 Å². The molecule has 0 unspecified atom stereocenters. The van der Waals surface area contributed by atoms with Crippen molar-refractivity contribution in [2.45, 2.75) is 13.5 Å². The van der Waals surface area contributed by atoms with Gasteiger partial charge in [0.2, 0.25) is 5.91 Å². The fourth-order valence-corrected chi connectivity index (χ4v) is 1.62. The Hall–Kier alpha value is -2.30. The number of anilines is 1. The third-order valence-corrected chi connectivity index (χ3v) is 2.68.